The molecule has 2 aromatic rings. The van der Waals surface area contributed by atoms with E-state index in [9.17, 15) is 14.0 Å². The molecule has 0 atom stereocenters. The first-order valence-electron chi connectivity index (χ1n) is 5.70. The van der Waals surface area contributed by atoms with Crippen molar-refractivity contribution in [3.63, 3.8) is 0 Å². The third-order valence-corrected chi connectivity index (χ3v) is 3.46. The monoisotopic (exact) mass is 280 g/mol. The Kier molecular flexibility index (Phi) is 2.53. The maximum absolute atomic E-state index is 13.5. The summed E-state index contributed by atoms with van der Waals surface area (Å²) >= 11 is 4.81. The van der Waals surface area contributed by atoms with E-state index in [-0.39, 0.29) is 21.6 Å². The van der Waals surface area contributed by atoms with Crippen LogP contribution in [-0.4, -0.2) is 20.6 Å². The predicted octanol–water partition coefficient (Wildman–Crippen LogP) is 2.23. The van der Waals surface area contributed by atoms with Gasteiger partial charge in [-0.2, -0.15) is 0 Å². The highest BCUT2D eigenvalue weighted by atomic mass is 32.1. The lowest BCUT2D eigenvalue weighted by Crippen LogP contribution is -2.19. The van der Waals surface area contributed by atoms with Crippen LogP contribution in [0, 0.1) is 10.5 Å². The van der Waals surface area contributed by atoms with Gasteiger partial charge in [0.2, 0.25) is 5.43 Å². The number of H-pyrrole nitrogens is 1. The van der Waals surface area contributed by atoms with E-state index in [1.807, 2.05) is 0 Å². The summed E-state index contributed by atoms with van der Waals surface area (Å²) in [6, 6.07) is 1.14. The van der Waals surface area contributed by atoms with Crippen LogP contribution in [0.3, 0.4) is 0 Å². The Morgan fingerprint density at radius 1 is 1.53 bits per heavy atom. The highest BCUT2D eigenvalue weighted by molar-refractivity contribution is 7.71. The smallest absolute Gasteiger partial charge is 0.341 e. The number of carbonyl (C=O) groups is 1. The zero-order valence-corrected chi connectivity index (χ0v) is 10.5. The normalized spacial score (nSPS) is 14.8. The summed E-state index contributed by atoms with van der Waals surface area (Å²) < 4.78 is 15.0. The lowest BCUT2D eigenvalue weighted by atomic mass is 10.2. The molecule has 0 aromatic carbocycles. The Hall–Kier alpha value is -2.02. The molecule has 7 heteroatoms. The molecule has 0 radical (unpaired) electrons. The standard InChI is InChI=1S/C12H9FN2O3S/c13-8-3-6-9(16)7(12(17)18)4-15(5-1-2-5)10(6)14-11(8)19/h3-5H,1-2H2,(H,14,19)(H,17,18). The molecule has 5 nitrogen and oxygen atoms in total. The largest absolute Gasteiger partial charge is 0.477 e. The van der Waals surface area contributed by atoms with E-state index >= 15 is 0 Å². The van der Waals surface area contributed by atoms with Crippen molar-refractivity contribution in [1.82, 2.24) is 9.55 Å². The number of hydrogen-bond acceptors (Lipinski definition) is 3. The van der Waals surface area contributed by atoms with E-state index in [0.717, 1.165) is 18.9 Å². The number of hydrogen-bond donors (Lipinski definition) is 2. The summed E-state index contributed by atoms with van der Waals surface area (Å²) in [5, 5.41) is 9.05. The third kappa shape index (κ3) is 1.86. The van der Waals surface area contributed by atoms with E-state index in [0.29, 0.717) is 5.65 Å². The van der Waals surface area contributed by atoms with Gasteiger partial charge in [-0.05, 0) is 18.9 Å². The summed E-state index contributed by atoms with van der Waals surface area (Å²) in [4.78, 5) is 25.8. The molecular formula is C12H9FN2O3S. The molecule has 1 fully saturated rings. The number of nitrogens with zero attached hydrogens (tertiary/aromatic N) is 1. The van der Waals surface area contributed by atoms with Crippen molar-refractivity contribution in [2.24, 2.45) is 0 Å². The molecule has 0 bridgehead atoms. The number of carboxylic acids is 1. The second kappa shape index (κ2) is 3.99. The van der Waals surface area contributed by atoms with Gasteiger partial charge >= 0.3 is 5.97 Å². The van der Waals surface area contributed by atoms with Crippen molar-refractivity contribution < 1.29 is 14.3 Å². The first kappa shape index (κ1) is 12.0. The number of carboxylic acid groups (broad SMARTS) is 1. The Labute approximate surface area is 111 Å². The molecule has 98 valence electrons. The Morgan fingerprint density at radius 2 is 2.21 bits per heavy atom. The van der Waals surface area contributed by atoms with Crippen molar-refractivity contribution >= 4 is 29.2 Å². The lowest BCUT2D eigenvalue weighted by molar-refractivity contribution is 0.0695. The lowest BCUT2D eigenvalue weighted by Gasteiger charge is -2.11. The second-order valence-corrected chi connectivity index (χ2v) is 4.93. The van der Waals surface area contributed by atoms with Gasteiger partial charge in [0.05, 0.1) is 5.39 Å². The topological polar surface area (TPSA) is 75.1 Å². The number of pyridine rings is 2. The van der Waals surface area contributed by atoms with Crippen LogP contribution in [0.2, 0.25) is 0 Å². The zero-order chi connectivity index (χ0) is 13.7. The third-order valence-electron chi connectivity index (χ3n) is 3.16. The fourth-order valence-electron chi connectivity index (χ4n) is 2.07. The minimum Gasteiger partial charge on any atom is -0.477 e. The van der Waals surface area contributed by atoms with Gasteiger partial charge in [0.15, 0.2) is 5.82 Å². The maximum Gasteiger partial charge on any atom is 0.341 e. The number of aromatic nitrogens is 2. The second-order valence-electron chi connectivity index (χ2n) is 4.52. The van der Waals surface area contributed by atoms with Crippen molar-refractivity contribution in [3.8, 4) is 0 Å². The van der Waals surface area contributed by atoms with E-state index in [2.05, 4.69) is 4.98 Å². The van der Waals surface area contributed by atoms with Crippen LogP contribution in [0.25, 0.3) is 11.0 Å². The molecule has 0 amide bonds. The quantitative estimate of drug-likeness (QED) is 0.827. The Morgan fingerprint density at radius 3 is 2.79 bits per heavy atom. The fraction of sp³-hybridized carbons (Fsp3) is 0.250. The number of rotatable bonds is 2. The van der Waals surface area contributed by atoms with Crippen molar-refractivity contribution in [2.45, 2.75) is 18.9 Å². The summed E-state index contributed by atoms with van der Waals surface area (Å²) in [5.74, 6) is -2.05. The number of halogens is 1. The van der Waals surface area contributed by atoms with Crippen LogP contribution >= 0.6 is 12.2 Å². The van der Waals surface area contributed by atoms with Crippen LogP contribution < -0.4 is 5.43 Å². The molecule has 1 saturated carbocycles. The first-order chi connectivity index (χ1) is 8.99. The number of aromatic carboxylic acids is 1. The van der Waals surface area contributed by atoms with E-state index < -0.39 is 17.2 Å². The molecule has 0 saturated heterocycles. The van der Waals surface area contributed by atoms with Crippen molar-refractivity contribution in [2.75, 3.05) is 0 Å². The first-order valence-corrected chi connectivity index (χ1v) is 6.11. The van der Waals surface area contributed by atoms with Gasteiger partial charge in [0.1, 0.15) is 15.9 Å². The minimum absolute atomic E-state index is 0.0119. The van der Waals surface area contributed by atoms with Gasteiger partial charge in [0, 0.05) is 12.2 Å². The fourth-order valence-corrected chi connectivity index (χ4v) is 2.23. The van der Waals surface area contributed by atoms with Crippen LogP contribution in [0.15, 0.2) is 17.1 Å². The van der Waals surface area contributed by atoms with E-state index in [1.54, 1.807) is 4.57 Å². The summed E-state index contributed by atoms with van der Waals surface area (Å²) in [6.45, 7) is 0. The van der Waals surface area contributed by atoms with Crippen LogP contribution in [0.5, 0.6) is 0 Å². The molecule has 2 N–H and O–H groups in total. The average Bonchev–Trinajstić information content (AvgIpc) is 3.16. The summed E-state index contributed by atoms with van der Waals surface area (Å²) in [5.41, 5.74) is -0.683. The van der Waals surface area contributed by atoms with Gasteiger partial charge in [0.25, 0.3) is 0 Å². The molecule has 19 heavy (non-hydrogen) atoms. The molecule has 2 aromatic heterocycles. The molecule has 0 spiro atoms. The average molecular weight is 280 g/mol. The molecule has 0 unspecified atom stereocenters. The molecule has 1 aliphatic carbocycles. The molecule has 0 aliphatic heterocycles. The highest BCUT2D eigenvalue weighted by Crippen LogP contribution is 2.36. The van der Waals surface area contributed by atoms with Gasteiger partial charge in [-0.3, -0.25) is 4.79 Å². The summed E-state index contributed by atoms with van der Waals surface area (Å²) in [6.07, 6.45) is 3.10. The minimum atomic E-state index is -1.32. The number of nitrogens with one attached hydrogen (secondary N) is 1. The molecule has 1 aliphatic rings. The Bertz CT molecular complexity index is 820. The van der Waals surface area contributed by atoms with E-state index in [4.69, 9.17) is 17.3 Å². The van der Waals surface area contributed by atoms with Crippen LogP contribution in [-0.2, 0) is 0 Å². The Balaban J connectivity index is 2.49. The van der Waals surface area contributed by atoms with Crippen LogP contribution in [0.1, 0.15) is 29.2 Å². The SMILES string of the molecule is O=C(O)c1cn(C2CC2)c2[nH]c(=S)c(F)cc2c1=O. The van der Waals surface area contributed by atoms with Gasteiger partial charge in [-0.15, -0.1) is 0 Å². The van der Waals surface area contributed by atoms with Gasteiger partial charge in [-0.1, -0.05) is 12.2 Å². The van der Waals surface area contributed by atoms with E-state index in [1.165, 1.54) is 6.20 Å². The highest BCUT2D eigenvalue weighted by Gasteiger charge is 2.27. The van der Waals surface area contributed by atoms with Crippen molar-refractivity contribution in [3.05, 3.63) is 38.5 Å². The molecule has 2 heterocycles. The zero-order valence-electron chi connectivity index (χ0n) is 9.64. The molecular weight excluding hydrogens is 271 g/mol. The van der Waals surface area contributed by atoms with Gasteiger partial charge < -0.3 is 14.7 Å². The maximum atomic E-state index is 13.5. The van der Waals surface area contributed by atoms with Crippen LogP contribution in [0.4, 0.5) is 4.39 Å². The predicted molar refractivity (Wildman–Crippen MR) is 68.6 cm³/mol. The molecule has 3 rings (SSSR count). The summed E-state index contributed by atoms with van der Waals surface area (Å²) in [7, 11) is 0. The number of aromatic amines is 1. The van der Waals surface area contributed by atoms with Crippen molar-refractivity contribution in [1.29, 1.82) is 0 Å². The van der Waals surface area contributed by atoms with Gasteiger partial charge in [-0.25, -0.2) is 9.18 Å². The number of fused-ring (bicyclic) bond motifs is 1.